The zero-order valence-electron chi connectivity index (χ0n) is 18.9. The maximum Gasteiger partial charge on any atom is 0.319 e. The van der Waals surface area contributed by atoms with Gasteiger partial charge in [-0.3, -0.25) is 0 Å². The first-order valence-corrected chi connectivity index (χ1v) is 13.2. The number of aromatic nitrogens is 2. The molecule has 176 valence electrons. The largest absolute Gasteiger partial charge is 0.377 e. The van der Waals surface area contributed by atoms with Gasteiger partial charge < -0.3 is 20.3 Å². The fourth-order valence-corrected chi connectivity index (χ4v) is 5.81. The van der Waals surface area contributed by atoms with Gasteiger partial charge in [0.15, 0.2) is 15.7 Å². The van der Waals surface area contributed by atoms with Crippen LogP contribution in [0.1, 0.15) is 43.2 Å². The number of benzene rings is 1. The number of hydrogen-bond donors (Lipinski definition) is 2. The smallest absolute Gasteiger partial charge is 0.319 e. The van der Waals surface area contributed by atoms with Gasteiger partial charge in [-0.25, -0.2) is 23.2 Å². The average Bonchev–Trinajstić information content (AvgIpc) is 3.60. The lowest BCUT2D eigenvalue weighted by Gasteiger charge is -2.37. The number of morpholine rings is 1. The van der Waals surface area contributed by atoms with Gasteiger partial charge in [-0.15, -0.1) is 0 Å². The van der Waals surface area contributed by atoms with Gasteiger partial charge >= 0.3 is 6.03 Å². The second-order valence-electron chi connectivity index (χ2n) is 9.06. The Labute approximate surface area is 193 Å². The molecule has 1 aliphatic carbocycles. The van der Waals surface area contributed by atoms with E-state index in [1.807, 2.05) is 24.3 Å². The molecule has 1 aromatic carbocycles. The molecule has 2 unspecified atom stereocenters. The predicted molar refractivity (Wildman–Crippen MR) is 126 cm³/mol. The standard InChI is InChI=1S/C23H29N5O4S/c1-14-13-32-11-10-28(14)22-20-15(2)33(30,31)12-9-19(20)26-21(27-22)16-3-5-17(6-4-16)24-23(29)25-18-7-8-18/h3-6,14-15,18H,7-13H2,1-2H3,(H2,24,25,29). The highest BCUT2D eigenvalue weighted by Crippen LogP contribution is 2.39. The summed E-state index contributed by atoms with van der Waals surface area (Å²) in [6, 6.07) is 7.59. The van der Waals surface area contributed by atoms with Crippen molar-refractivity contribution in [3.05, 3.63) is 35.5 Å². The minimum atomic E-state index is -3.24. The van der Waals surface area contributed by atoms with E-state index in [0.717, 1.165) is 24.1 Å². The molecule has 1 aromatic heterocycles. The second-order valence-corrected chi connectivity index (χ2v) is 11.5. The summed E-state index contributed by atoms with van der Waals surface area (Å²) in [6.07, 6.45) is 2.45. The Balaban J connectivity index is 1.49. The van der Waals surface area contributed by atoms with E-state index in [-0.39, 0.29) is 17.8 Å². The first kappa shape index (κ1) is 22.1. The maximum atomic E-state index is 12.7. The number of sulfone groups is 1. The van der Waals surface area contributed by atoms with Crippen molar-refractivity contribution in [1.82, 2.24) is 15.3 Å². The third kappa shape index (κ3) is 4.54. The highest BCUT2D eigenvalue weighted by atomic mass is 32.2. The molecule has 2 atom stereocenters. The van der Waals surface area contributed by atoms with Crippen LogP contribution in [0.15, 0.2) is 24.3 Å². The molecule has 2 fully saturated rings. The monoisotopic (exact) mass is 471 g/mol. The highest BCUT2D eigenvalue weighted by molar-refractivity contribution is 7.91. The van der Waals surface area contributed by atoms with Crippen LogP contribution in [0.5, 0.6) is 0 Å². The van der Waals surface area contributed by atoms with Crippen molar-refractivity contribution in [2.75, 3.05) is 35.7 Å². The van der Waals surface area contributed by atoms with Crippen LogP contribution >= 0.6 is 0 Å². The van der Waals surface area contributed by atoms with Crippen LogP contribution in [0.25, 0.3) is 11.4 Å². The van der Waals surface area contributed by atoms with Crippen LogP contribution in [-0.2, 0) is 21.0 Å². The molecule has 2 aliphatic heterocycles. The molecule has 0 bridgehead atoms. The van der Waals surface area contributed by atoms with Crippen LogP contribution in [0, 0.1) is 0 Å². The lowest BCUT2D eigenvalue weighted by Crippen LogP contribution is -2.45. The van der Waals surface area contributed by atoms with E-state index in [4.69, 9.17) is 14.7 Å². The molecule has 10 heteroatoms. The van der Waals surface area contributed by atoms with Gasteiger partial charge in [0.2, 0.25) is 0 Å². The van der Waals surface area contributed by atoms with Crippen molar-refractivity contribution in [2.45, 2.75) is 50.4 Å². The van der Waals surface area contributed by atoms with Crippen molar-refractivity contribution in [3.8, 4) is 11.4 Å². The first-order valence-electron chi connectivity index (χ1n) is 11.5. The summed E-state index contributed by atoms with van der Waals surface area (Å²) in [5, 5.41) is 5.11. The van der Waals surface area contributed by atoms with Gasteiger partial charge in [-0.05, 0) is 51.0 Å². The van der Waals surface area contributed by atoms with E-state index >= 15 is 0 Å². The van der Waals surface area contributed by atoms with Crippen LogP contribution in [-0.4, -0.2) is 62.0 Å². The number of carbonyl (C=O) groups excluding carboxylic acids is 1. The van der Waals surface area contributed by atoms with Gasteiger partial charge in [0.05, 0.1) is 36.0 Å². The molecule has 33 heavy (non-hydrogen) atoms. The number of fused-ring (bicyclic) bond motifs is 1. The van der Waals surface area contributed by atoms with Crippen LogP contribution in [0.3, 0.4) is 0 Å². The molecule has 3 aliphatic rings. The zero-order valence-corrected chi connectivity index (χ0v) is 19.7. The van der Waals surface area contributed by atoms with Crippen LogP contribution in [0.4, 0.5) is 16.3 Å². The molecular formula is C23H29N5O4S. The van der Waals surface area contributed by atoms with Crippen LogP contribution < -0.4 is 15.5 Å². The molecule has 2 N–H and O–H groups in total. The van der Waals surface area contributed by atoms with E-state index in [2.05, 4.69) is 22.5 Å². The normalized spacial score (nSPS) is 24.1. The van der Waals surface area contributed by atoms with Gasteiger partial charge in [0.1, 0.15) is 5.82 Å². The number of hydrogen-bond acceptors (Lipinski definition) is 7. The minimum absolute atomic E-state index is 0.0824. The number of ether oxygens (including phenoxy) is 1. The number of rotatable bonds is 4. The van der Waals surface area contributed by atoms with Crippen molar-refractivity contribution in [2.24, 2.45) is 0 Å². The van der Waals surface area contributed by atoms with Crippen molar-refractivity contribution < 1.29 is 17.9 Å². The molecule has 1 saturated heterocycles. The molecule has 3 heterocycles. The average molecular weight is 472 g/mol. The molecule has 5 rings (SSSR count). The molecule has 0 spiro atoms. The van der Waals surface area contributed by atoms with Crippen LogP contribution in [0.2, 0.25) is 0 Å². The van der Waals surface area contributed by atoms with E-state index in [9.17, 15) is 13.2 Å². The number of aryl methyl sites for hydroxylation is 1. The fraction of sp³-hybridized carbons (Fsp3) is 0.522. The quantitative estimate of drug-likeness (QED) is 0.705. The molecule has 2 amide bonds. The summed E-state index contributed by atoms with van der Waals surface area (Å²) >= 11 is 0. The van der Waals surface area contributed by atoms with Gasteiger partial charge in [0.25, 0.3) is 0 Å². The Morgan fingerprint density at radius 1 is 1.15 bits per heavy atom. The maximum absolute atomic E-state index is 12.7. The summed E-state index contributed by atoms with van der Waals surface area (Å²) in [5.41, 5.74) is 3.02. The van der Waals surface area contributed by atoms with Crippen molar-refractivity contribution >= 4 is 27.4 Å². The molecule has 1 saturated carbocycles. The SMILES string of the molecule is CC1COCCN1c1nc(-c2ccc(NC(=O)NC3CC3)cc2)nc2c1C(C)S(=O)(=O)CC2. The number of carbonyl (C=O) groups is 1. The third-order valence-electron chi connectivity index (χ3n) is 6.53. The number of anilines is 2. The third-order valence-corrected chi connectivity index (χ3v) is 8.61. The highest BCUT2D eigenvalue weighted by Gasteiger charge is 2.37. The Hall–Kier alpha value is -2.72. The van der Waals surface area contributed by atoms with E-state index in [1.165, 1.54) is 0 Å². The Morgan fingerprint density at radius 2 is 1.91 bits per heavy atom. The molecule has 2 aromatic rings. The summed E-state index contributed by atoms with van der Waals surface area (Å²) in [4.78, 5) is 23.8. The van der Waals surface area contributed by atoms with Gasteiger partial charge in [-0.2, -0.15) is 0 Å². The van der Waals surface area contributed by atoms with Gasteiger partial charge in [-0.1, -0.05) is 0 Å². The first-order chi connectivity index (χ1) is 15.8. The minimum Gasteiger partial charge on any atom is -0.377 e. The summed E-state index contributed by atoms with van der Waals surface area (Å²) in [7, 11) is -3.24. The molecule has 0 radical (unpaired) electrons. The zero-order chi connectivity index (χ0) is 23.2. The summed E-state index contributed by atoms with van der Waals surface area (Å²) < 4.78 is 30.9. The molecular weight excluding hydrogens is 442 g/mol. The van der Waals surface area contributed by atoms with Gasteiger partial charge in [0, 0.05) is 35.8 Å². The molecule has 9 nitrogen and oxygen atoms in total. The number of nitrogens with one attached hydrogen (secondary N) is 2. The number of amides is 2. The fourth-order valence-electron chi connectivity index (χ4n) is 4.38. The Kier molecular flexibility index (Phi) is 5.74. The Morgan fingerprint density at radius 3 is 2.61 bits per heavy atom. The van der Waals surface area contributed by atoms with E-state index < -0.39 is 15.1 Å². The lowest BCUT2D eigenvalue weighted by molar-refractivity contribution is 0.0984. The van der Waals surface area contributed by atoms with E-state index in [0.29, 0.717) is 55.1 Å². The topological polar surface area (TPSA) is 114 Å². The Bertz CT molecular complexity index is 1160. The predicted octanol–water partition coefficient (Wildman–Crippen LogP) is 2.68. The lowest BCUT2D eigenvalue weighted by atomic mass is 10.1. The number of nitrogens with zero attached hydrogens (tertiary/aromatic N) is 3. The number of urea groups is 1. The summed E-state index contributed by atoms with van der Waals surface area (Å²) in [5.74, 6) is 1.34. The second kappa shape index (κ2) is 8.57. The van der Waals surface area contributed by atoms with Crippen molar-refractivity contribution in [1.29, 1.82) is 0 Å². The summed E-state index contributed by atoms with van der Waals surface area (Å²) in [6.45, 7) is 5.58. The van der Waals surface area contributed by atoms with E-state index in [1.54, 1.807) is 6.92 Å². The van der Waals surface area contributed by atoms with Crippen molar-refractivity contribution in [3.63, 3.8) is 0 Å².